The van der Waals surface area contributed by atoms with E-state index in [-0.39, 0.29) is 0 Å². The highest BCUT2D eigenvalue weighted by Crippen LogP contribution is 2.25. The Labute approximate surface area is 94.2 Å². The van der Waals surface area contributed by atoms with E-state index >= 15 is 0 Å². The van der Waals surface area contributed by atoms with Gasteiger partial charge in [-0.2, -0.15) is 0 Å². The first-order chi connectivity index (χ1) is 7.27. The normalized spacial score (nSPS) is 40.0. The summed E-state index contributed by atoms with van der Waals surface area (Å²) in [5.41, 5.74) is 6.31. The van der Waals surface area contributed by atoms with Crippen LogP contribution in [0.5, 0.6) is 0 Å². The number of hydrogen-bond donors (Lipinski definition) is 1. The van der Waals surface area contributed by atoms with E-state index in [4.69, 9.17) is 5.73 Å². The molecule has 2 fully saturated rings. The van der Waals surface area contributed by atoms with E-state index in [1.807, 2.05) is 0 Å². The molecule has 2 nitrogen and oxygen atoms in total. The van der Waals surface area contributed by atoms with E-state index in [1.165, 1.54) is 58.0 Å². The number of nitrogens with two attached hydrogens (primary N) is 1. The molecule has 0 aromatic heterocycles. The molecule has 1 saturated heterocycles. The zero-order valence-corrected chi connectivity index (χ0v) is 10.1. The Morgan fingerprint density at radius 3 is 2.60 bits per heavy atom. The quantitative estimate of drug-likeness (QED) is 0.673. The zero-order chi connectivity index (χ0) is 10.7. The van der Waals surface area contributed by atoms with E-state index in [1.54, 1.807) is 0 Å². The first-order valence-corrected chi connectivity index (χ1v) is 6.77. The van der Waals surface area contributed by atoms with Gasteiger partial charge < -0.3 is 5.73 Å². The standard InChI is InChI=1S/C13H26N2/c1-11-6-5-9-15(10-11)13-8-4-2-3-7-12(13)14/h11-13H,2-10,14H2,1H3. The van der Waals surface area contributed by atoms with Crippen LogP contribution in [-0.4, -0.2) is 30.1 Å². The average Bonchev–Trinajstić information content (AvgIpc) is 2.43. The molecule has 0 radical (unpaired) electrons. The first kappa shape index (κ1) is 11.4. The molecule has 0 amide bonds. The van der Waals surface area contributed by atoms with Crippen LogP contribution in [0.3, 0.4) is 0 Å². The monoisotopic (exact) mass is 210 g/mol. The SMILES string of the molecule is CC1CCCN(C2CCCCCC2N)C1. The summed E-state index contributed by atoms with van der Waals surface area (Å²) in [4.78, 5) is 2.68. The Morgan fingerprint density at radius 1 is 1.00 bits per heavy atom. The molecule has 1 aliphatic carbocycles. The fraction of sp³-hybridized carbons (Fsp3) is 1.00. The molecular weight excluding hydrogens is 184 g/mol. The van der Waals surface area contributed by atoms with Crippen LogP contribution in [0.1, 0.15) is 51.9 Å². The van der Waals surface area contributed by atoms with Gasteiger partial charge in [0.25, 0.3) is 0 Å². The molecule has 1 saturated carbocycles. The molecule has 2 heteroatoms. The molecule has 1 heterocycles. The Morgan fingerprint density at radius 2 is 1.80 bits per heavy atom. The predicted octanol–water partition coefficient (Wildman–Crippen LogP) is 2.38. The highest BCUT2D eigenvalue weighted by Gasteiger charge is 2.28. The van der Waals surface area contributed by atoms with Gasteiger partial charge in [0, 0.05) is 18.6 Å². The van der Waals surface area contributed by atoms with Gasteiger partial charge >= 0.3 is 0 Å². The third-order valence-electron chi connectivity index (χ3n) is 4.19. The summed E-state index contributed by atoms with van der Waals surface area (Å²) >= 11 is 0. The number of nitrogens with zero attached hydrogens (tertiary/aromatic N) is 1. The van der Waals surface area contributed by atoms with Crippen molar-refractivity contribution in [1.82, 2.24) is 4.90 Å². The van der Waals surface area contributed by atoms with Crippen molar-refractivity contribution in [3.63, 3.8) is 0 Å². The average molecular weight is 210 g/mol. The molecule has 3 unspecified atom stereocenters. The molecule has 88 valence electrons. The maximum Gasteiger partial charge on any atom is 0.0247 e. The molecule has 15 heavy (non-hydrogen) atoms. The minimum atomic E-state index is 0.442. The number of piperidine rings is 1. The molecule has 3 atom stereocenters. The lowest BCUT2D eigenvalue weighted by Crippen LogP contribution is -2.50. The summed E-state index contributed by atoms with van der Waals surface area (Å²) < 4.78 is 0. The lowest BCUT2D eigenvalue weighted by Gasteiger charge is -2.39. The van der Waals surface area contributed by atoms with Crippen LogP contribution in [0.25, 0.3) is 0 Å². The Balaban J connectivity index is 1.94. The van der Waals surface area contributed by atoms with Crippen molar-refractivity contribution in [1.29, 1.82) is 0 Å². The van der Waals surface area contributed by atoms with Crippen molar-refractivity contribution in [2.24, 2.45) is 11.7 Å². The second kappa shape index (κ2) is 5.31. The van der Waals surface area contributed by atoms with Crippen LogP contribution in [0.15, 0.2) is 0 Å². The van der Waals surface area contributed by atoms with Crippen molar-refractivity contribution >= 4 is 0 Å². The van der Waals surface area contributed by atoms with Crippen LogP contribution < -0.4 is 5.73 Å². The minimum absolute atomic E-state index is 0.442. The zero-order valence-electron chi connectivity index (χ0n) is 10.1. The summed E-state index contributed by atoms with van der Waals surface area (Å²) in [6.07, 6.45) is 9.52. The van der Waals surface area contributed by atoms with E-state index in [0.29, 0.717) is 12.1 Å². The Hall–Kier alpha value is -0.0800. The van der Waals surface area contributed by atoms with Crippen LogP contribution >= 0.6 is 0 Å². The van der Waals surface area contributed by atoms with Crippen molar-refractivity contribution in [2.75, 3.05) is 13.1 Å². The Kier molecular flexibility index (Phi) is 4.04. The third kappa shape index (κ3) is 2.94. The highest BCUT2D eigenvalue weighted by atomic mass is 15.2. The lowest BCUT2D eigenvalue weighted by molar-refractivity contribution is 0.108. The van der Waals surface area contributed by atoms with Crippen molar-refractivity contribution in [3.05, 3.63) is 0 Å². The van der Waals surface area contributed by atoms with Crippen LogP contribution in [-0.2, 0) is 0 Å². The third-order valence-corrected chi connectivity index (χ3v) is 4.19. The molecule has 0 aromatic carbocycles. The van der Waals surface area contributed by atoms with E-state index in [2.05, 4.69) is 11.8 Å². The molecule has 0 spiro atoms. The second-order valence-electron chi connectivity index (χ2n) is 5.61. The largest absolute Gasteiger partial charge is 0.326 e. The molecule has 2 aliphatic rings. The van der Waals surface area contributed by atoms with Crippen molar-refractivity contribution in [3.8, 4) is 0 Å². The fourth-order valence-electron chi connectivity index (χ4n) is 3.30. The predicted molar refractivity (Wildman–Crippen MR) is 64.8 cm³/mol. The van der Waals surface area contributed by atoms with Gasteiger partial charge in [0.15, 0.2) is 0 Å². The van der Waals surface area contributed by atoms with Crippen LogP contribution in [0, 0.1) is 5.92 Å². The summed E-state index contributed by atoms with van der Waals surface area (Å²) in [6, 6.07) is 1.13. The van der Waals surface area contributed by atoms with Gasteiger partial charge in [0.05, 0.1) is 0 Å². The molecular formula is C13H26N2. The van der Waals surface area contributed by atoms with Gasteiger partial charge in [-0.05, 0) is 38.1 Å². The van der Waals surface area contributed by atoms with Crippen molar-refractivity contribution < 1.29 is 0 Å². The Bertz CT molecular complexity index is 193. The second-order valence-corrected chi connectivity index (χ2v) is 5.61. The summed E-state index contributed by atoms with van der Waals surface area (Å²) in [5.74, 6) is 0.884. The van der Waals surface area contributed by atoms with Crippen LogP contribution in [0.2, 0.25) is 0 Å². The fourth-order valence-corrected chi connectivity index (χ4v) is 3.30. The maximum atomic E-state index is 6.31. The van der Waals surface area contributed by atoms with Crippen molar-refractivity contribution in [2.45, 2.75) is 64.0 Å². The first-order valence-electron chi connectivity index (χ1n) is 6.77. The smallest absolute Gasteiger partial charge is 0.0247 e. The van der Waals surface area contributed by atoms with Gasteiger partial charge in [0.1, 0.15) is 0 Å². The summed E-state index contributed by atoms with van der Waals surface area (Å²) in [6.45, 7) is 4.97. The lowest BCUT2D eigenvalue weighted by atomic mass is 9.94. The van der Waals surface area contributed by atoms with Crippen LogP contribution in [0.4, 0.5) is 0 Å². The molecule has 2 rings (SSSR count). The number of likely N-dealkylation sites (tertiary alicyclic amines) is 1. The summed E-state index contributed by atoms with van der Waals surface area (Å²) in [5, 5.41) is 0. The number of hydrogen-bond acceptors (Lipinski definition) is 2. The highest BCUT2D eigenvalue weighted by molar-refractivity contribution is 4.86. The van der Waals surface area contributed by atoms with Gasteiger partial charge in [-0.1, -0.05) is 26.2 Å². The number of rotatable bonds is 1. The molecule has 0 bridgehead atoms. The maximum absolute atomic E-state index is 6.31. The van der Waals surface area contributed by atoms with Gasteiger partial charge in [0.2, 0.25) is 0 Å². The van der Waals surface area contributed by atoms with Gasteiger partial charge in [-0.15, -0.1) is 0 Å². The minimum Gasteiger partial charge on any atom is -0.326 e. The van der Waals surface area contributed by atoms with E-state index in [9.17, 15) is 0 Å². The summed E-state index contributed by atoms with van der Waals surface area (Å²) in [7, 11) is 0. The van der Waals surface area contributed by atoms with E-state index < -0.39 is 0 Å². The molecule has 0 aromatic rings. The molecule has 2 N–H and O–H groups in total. The van der Waals surface area contributed by atoms with E-state index in [0.717, 1.165) is 5.92 Å². The molecule has 1 aliphatic heterocycles. The topological polar surface area (TPSA) is 29.3 Å². The van der Waals surface area contributed by atoms with Gasteiger partial charge in [-0.3, -0.25) is 4.90 Å². The van der Waals surface area contributed by atoms with Gasteiger partial charge in [-0.25, -0.2) is 0 Å².